The lowest BCUT2D eigenvalue weighted by atomic mass is 9.95. The van der Waals surface area contributed by atoms with Gasteiger partial charge in [-0.05, 0) is 43.2 Å². The molecule has 1 N–H and O–H groups in total. The second-order valence-electron chi connectivity index (χ2n) is 5.89. The van der Waals surface area contributed by atoms with Crippen molar-refractivity contribution < 1.29 is 4.79 Å². The number of benzene rings is 1. The third-order valence-corrected chi connectivity index (χ3v) is 4.72. The molecule has 25 heavy (non-hydrogen) atoms. The Kier molecular flexibility index (Phi) is 5.42. The molecule has 0 atom stereocenters. The van der Waals surface area contributed by atoms with Gasteiger partial charge in [0.1, 0.15) is 11.9 Å². The first kappa shape index (κ1) is 17.5. The predicted octanol–water partition coefficient (Wildman–Crippen LogP) is 4.12. The molecule has 1 amide bonds. The van der Waals surface area contributed by atoms with Gasteiger partial charge in [-0.15, -0.1) is 0 Å². The molecule has 128 valence electrons. The Bertz CT molecular complexity index is 809. The lowest BCUT2D eigenvalue weighted by Gasteiger charge is -2.33. The molecule has 0 aliphatic carbocycles. The van der Waals surface area contributed by atoms with Gasteiger partial charge in [0.05, 0.1) is 16.3 Å². The average Bonchev–Trinajstić information content (AvgIpc) is 2.63. The highest BCUT2D eigenvalue weighted by Crippen LogP contribution is 2.28. The van der Waals surface area contributed by atoms with Crippen molar-refractivity contribution in [2.24, 2.45) is 5.92 Å². The van der Waals surface area contributed by atoms with Crippen LogP contribution in [0.5, 0.6) is 0 Å². The minimum Gasteiger partial charge on any atom is -0.370 e. The van der Waals surface area contributed by atoms with Crippen LogP contribution in [-0.4, -0.2) is 24.0 Å². The van der Waals surface area contributed by atoms with Gasteiger partial charge in [0, 0.05) is 30.2 Å². The molecule has 0 bridgehead atoms. The number of hydrogen-bond donors (Lipinski definition) is 1. The normalized spacial score (nSPS) is 14.8. The van der Waals surface area contributed by atoms with E-state index in [1.165, 1.54) is 6.20 Å². The Morgan fingerprint density at radius 3 is 2.56 bits per heavy atom. The smallest absolute Gasteiger partial charge is 0.228 e. The van der Waals surface area contributed by atoms with Crippen LogP contribution in [0.4, 0.5) is 11.5 Å². The molecule has 3 rings (SSSR count). The van der Waals surface area contributed by atoms with E-state index in [0.717, 1.165) is 5.69 Å². The van der Waals surface area contributed by atoms with Crippen LogP contribution in [0.1, 0.15) is 18.4 Å². The largest absolute Gasteiger partial charge is 0.370 e. The molecular weight excluding hydrogens is 359 g/mol. The number of rotatable bonds is 3. The summed E-state index contributed by atoms with van der Waals surface area (Å²) in [5.74, 6) is 0.388. The van der Waals surface area contributed by atoms with E-state index >= 15 is 0 Å². The summed E-state index contributed by atoms with van der Waals surface area (Å²) in [6.07, 6.45) is 2.93. The molecule has 0 unspecified atom stereocenters. The van der Waals surface area contributed by atoms with Crippen molar-refractivity contribution in [1.29, 1.82) is 5.26 Å². The molecule has 2 heterocycles. The van der Waals surface area contributed by atoms with Crippen molar-refractivity contribution in [1.82, 2.24) is 4.98 Å². The number of aromatic nitrogens is 1. The Labute approximate surface area is 156 Å². The molecule has 1 aromatic carbocycles. The van der Waals surface area contributed by atoms with Crippen LogP contribution in [-0.2, 0) is 4.79 Å². The van der Waals surface area contributed by atoms with Gasteiger partial charge in [-0.2, -0.15) is 5.26 Å². The number of nitriles is 1. The van der Waals surface area contributed by atoms with Gasteiger partial charge in [0.15, 0.2) is 0 Å². The Morgan fingerprint density at radius 1 is 1.20 bits per heavy atom. The number of halogens is 2. The molecule has 0 radical (unpaired) electrons. The minimum atomic E-state index is -0.0773. The summed E-state index contributed by atoms with van der Waals surface area (Å²) in [4.78, 5) is 18.6. The standard InChI is InChI=1S/C18H16Cl2N4O/c19-14-1-3-16(13(9-14)10-21)24-7-5-12(6-8-24)18(25)23-17-4-2-15(20)11-22-17/h1-4,9,11-12H,5-8H2,(H,22,23,25). The lowest BCUT2D eigenvalue weighted by molar-refractivity contribution is -0.120. The first-order chi connectivity index (χ1) is 12.1. The number of nitrogens with one attached hydrogen (secondary N) is 1. The topological polar surface area (TPSA) is 69.0 Å². The SMILES string of the molecule is N#Cc1cc(Cl)ccc1N1CCC(C(=O)Nc2ccc(Cl)cn2)CC1. The Hall–Kier alpha value is -2.29. The number of anilines is 2. The van der Waals surface area contributed by atoms with Crippen molar-refractivity contribution in [2.45, 2.75) is 12.8 Å². The van der Waals surface area contributed by atoms with E-state index in [2.05, 4.69) is 21.3 Å². The van der Waals surface area contributed by atoms with E-state index in [9.17, 15) is 10.1 Å². The van der Waals surface area contributed by atoms with Gasteiger partial charge in [0.2, 0.25) is 5.91 Å². The third kappa shape index (κ3) is 4.22. The zero-order valence-electron chi connectivity index (χ0n) is 13.4. The van der Waals surface area contributed by atoms with Gasteiger partial charge >= 0.3 is 0 Å². The fraction of sp³-hybridized carbons (Fsp3) is 0.278. The Balaban J connectivity index is 1.61. The number of piperidine rings is 1. The summed E-state index contributed by atoms with van der Waals surface area (Å²) in [7, 11) is 0. The third-order valence-electron chi connectivity index (χ3n) is 4.26. The number of carbonyl (C=O) groups is 1. The minimum absolute atomic E-state index is 0.0360. The predicted molar refractivity (Wildman–Crippen MR) is 99.0 cm³/mol. The Morgan fingerprint density at radius 2 is 1.92 bits per heavy atom. The maximum absolute atomic E-state index is 12.4. The first-order valence-corrected chi connectivity index (χ1v) is 8.69. The number of nitrogens with zero attached hydrogens (tertiary/aromatic N) is 3. The van der Waals surface area contributed by atoms with Crippen molar-refractivity contribution in [3.8, 4) is 6.07 Å². The lowest BCUT2D eigenvalue weighted by Crippen LogP contribution is -2.38. The fourth-order valence-corrected chi connectivity index (χ4v) is 3.22. The van der Waals surface area contributed by atoms with Crippen molar-refractivity contribution in [3.63, 3.8) is 0 Å². The molecule has 0 saturated carbocycles. The summed E-state index contributed by atoms with van der Waals surface area (Å²) in [5, 5.41) is 13.2. The number of amides is 1. The van der Waals surface area contributed by atoms with Crippen LogP contribution in [0.15, 0.2) is 36.5 Å². The van der Waals surface area contributed by atoms with Crippen molar-refractivity contribution >= 4 is 40.6 Å². The molecule has 2 aromatic rings. The van der Waals surface area contributed by atoms with Gasteiger partial charge in [-0.25, -0.2) is 4.98 Å². The van der Waals surface area contributed by atoms with Gasteiger partial charge < -0.3 is 10.2 Å². The van der Waals surface area contributed by atoms with Crippen LogP contribution in [0.3, 0.4) is 0 Å². The van der Waals surface area contributed by atoms with Crippen LogP contribution >= 0.6 is 23.2 Å². The molecule has 5 nitrogen and oxygen atoms in total. The quantitative estimate of drug-likeness (QED) is 0.877. The molecule has 1 saturated heterocycles. The molecular formula is C18H16Cl2N4O. The maximum Gasteiger partial charge on any atom is 0.228 e. The van der Waals surface area contributed by atoms with Crippen molar-refractivity contribution in [3.05, 3.63) is 52.1 Å². The summed E-state index contributed by atoms with van der Waals surface area (Å²) < 4.78 is 0. The van der Waals surface area contributed by atoms with E-state index in [0.29, 0.717) is 47.4 Å². The van der Waals surface area contributed by atoms with Crippen molar-refractivity contribution in [2.75, 3.05) is 23.3 Å². The number of pyridine rings is 1. The summed E-state index contributed by atoms with van der Waals surface area (Å²) >= 11 is 11.7. The van der Waals surface area contributed by atoms with E-state index in [-0.39, 0.29) is 11.8 Å². The molecule has 1 aromatic heterocycles. The van der Waals surface area contributed by atoms with E-state index in [1.807, 2.05) is 6.07 Å². The van der Waals surface area contributed by atoms with Crippen LogP contribution < -0.4 is 10.2 Å². The monoisotopic (exact) mass is 374 g/mol. The van der Waals surface area contributed by atoms with E-state index in [4.69, 9.17) is 23.2 Å². The molecule has 1 aliphatic rings. The maximum atomic E-state index is 12.4. The summed E-state index contributed by atoms with van der Waals surface area (Å²) in [6, 6.07) is 10.9. The van der Waals surface area contributed by atoms with Crippen LogP contribution in [0, 0.1) is 17.2 Å². The average molecular weight is 375 g/mol. The second-order valence-corrected chi connectivity index (χ2v) is 6.76. The number of hydrogen-bond acceptors (Lipinski definition) is 4. The highest BCUT2D eigenvalue weighted by Gasteiger charge is 2.26. The summed E-state index contributed by atoms with van der Waals surface area (Å²) in [6.45, 7) is 1.42. The highest BCUT2D eigenvalue weighted by molar-refractivity contribution is 6.31. The number of carbonyl (C=O) groups excluding carboxylic acids is 1. The van der Waals surface area contributed by atoms with Gasteiger partial charge in [0.25, 0.3) is 0 Å². The van der Waals surface area contributed by atoms with Gasteiger partial charge in [-0.1, -0.05) is 23.2 Å². The molecule has 1 aliphatic heterocycles. The first-order valence-electron chi connectivity index (χ1n) is 7.94. The highest BCUT2D eigenvalue weighted by atomic mass is 35.5. The summed E-state index contributed by atoms with van der Waals surface area (Å²) in [5.41, 5.74) is 1.42. The van der Waals surface area contributed by atoms with Crippen LogP contribution in [0.25, 0.3) is 0 Å². The molecule has 1 fully saturated rings. The second kappa shape index (κ2) is 7.73. The van der Waals surface area contributed by atoms with Crippen LogP contribution in [0.2, 0.25) is 10.0 Å². The van der Waals surface area contributed by atoms with E-state index < -0.39 is 0 Å². The zero-order valence-corrected chi connectivity index (χ0v) is 14.9. The fourth-order valence-electron chi connectivity index (χ4n) is 2.93. The van der Waals surface area contributed by atoms with Gasteiger partial charge in [-0.3, -0.25) is 4.79 Å². The molecule has 7 heteroatoms. The zero-order chi connectivity index (χ0) is 17.8. The van der Waals surface area contributed by atoms with E-state index in [1.54, 1.807) is 24.3 Å². The molecule has 0 spiro atoms.